The first kappa shape index (κ1) is 16.7. The van der Waals surface area contributed by atoms with Crippen molar-refractivity contribution in [2.45, 2.75) is 53.2 Å². The second-order valence-electron chi connectivity index (χ2n) is 6.81. The molecule has 112 valence electrons. The molecule has 4 heteroatoms. The second kappa shape index (κ2) is 5.96. The van der Waals surface area contributed by atoms with Gasteiger partial charge in [0, 0.05) is 0 Å². The molecule has 3 unspecified atom stereocenters. The van der Waals surface area contributed by atoms with Crippen LogP contribution in [0.3, 0.4) is 0 Å². The van der Waals surface area contributed by atoms with Crippen molar-refractivity contribution in [1.29, 1.82) is 0 Å². The Kier molecular flexibility index (Phi) is 5.24. The Hall–Kier alpha value is -0.350. The molecule has 0 aromatic rings. The highest BCUT2D eigenvalue weighted by Gasteiger charge is 2.42. The summed E-state index contributed by atoms with van der Waals surface area (Å²) in [6.45, 7) is 12.4. The molecule has 1 rings (SSSR count). The predicted octanol–water partition coefficient (Wildman–Crippen LogP) is 3.77. The van der Waals surface area contributed by atoms with Crippen molar-refractivity contribution in [3.63, 3.8) is 0 Å². The summed E-state index contributed by atoms with van der Waals surface area (Å²) in [5.41, 5.74) is 0.895. The predicted molar refractivity (Wildman–Crippen MR) is 79.5 cm³/mol. The SMILES string of the molecule is CC(C)C1=CC(C(C)C)CC(C(C)C)C1S(=O)(=O)O. The highest BCUT2D eigenvalue weighted by atomic mass is 32.2. The summed E-state index contributed by atoms with van der Waals surface area (Å²) in [4.78, 5) is 0. The molecule has 0 amide bonds. The quantitative estimate of drug-likeness (QED) is 0.633. The van der Waals surface area contributed by atoms with Crippen LogP contribution in [0.2, 0.25) is 0 Å². The standard InChI is InChI=1S/C15H28O3S/c1-9(2)12-7-13(10(3)4)15(19(16,17)18)14(8-12)11(5)6/h7,9-12,14-15H,8H2,1-6H3,(H,16,17,18). The maximum absolute atomic E-state index is 11.8. The van der Waals surface area contributed by atoms with Gasteiger partial charge in [0.15, 0.2) is 0 Å². The summed E-state index contributed by atoms with van der Waals surface area (Å²) in [7, 11) is -4.03. The molecular weight excluding hydrogens is 260 g/mol. The zero-order chi connectivity index (χ0) is 15.0. The van der Waals surface area contributed by atoms with Gasteiger partial charge in [-0.2, -0.15) is 8.42 Å². The lowest BCUT2D eigenvalue weighted by atomic mass is 9.71. The first-order chi connectivity index (χ1) is 8.55. The smallest absolute Gasteiger partial charge is 0.271 e. The summed E-state index contributed by atoms with van der Waals surface area (Å²) in [6, 6.07) is 0. The van der Waals surface area contributed by atoms with E-state index in [-0.39, 0.29) is 17.8 Å². The third-order valence-corrected chi connectivity index (χ3v) is 5.63. The number of hydrogen-bond donors (Lipinski definition) is 1. The molecule has 19 heavy (non-hydrogen) atoms. The average Bonchev–Trinajstić information content (AvgIpc) is 2.25. The van der Waals surface area contributed by atoms with Gasteiger partial charge in [-0.1, -0.05) is 53.2 Å². The van der Waals surface area contributed by atoms with E-state index in [2.05, 4.69) is 19.9 Å². The molecule has 0 bridgehead atoms. The van der Waals surface area contributed by atoms with Gasteiger partial charge in [-0.15, -0.1) is 0 Å². The topological polar surface area (TPSA) is 54.4 Å². The Morgan fingerprint density at radius 1 is 1.11 bits per heavy atom. The molecule has 0 aliphatic heterocycles. The Morgan fingerprint density at radius 3 is 1.95 bits per heavy atom. The van der Waals surface area contributed by atoms with Crippen molar-refractivity contribution in [3.8, 4) is 0 Å². The minimum absolute atomic E-state index is 0.00444. The fourth-order valence-electron chi connectivity index (χ4n) is 3.10. The molecule has 1 N–H and O–H groups in total. The lowest BCUT2D eigenvalue weighted by Gasteiger charge is -2.39. The van der Waals surface area contributed by atoms with E-state index in [1.54, 1.807) is 0 Å². The van der Waals surface area contributed by atoms with Crippen LogP contribution >= 0.6 is 0 Å². The van der Waals surface area contributed by atoms with Gasteiger partial charge in [-0.25, -0.2) is 0 Å². The molecule has 0 fully saturated rings. The minimum Gasteiger partial charge on any atom is -0.285 e. The fraction of sp³-hybridized carbons (Fsp3) is 0.867. The van der Waals surface area contributed by atoms with Gasteiger partial charge >= 0.3 is 0 Å². The zero-order valence-electron chi connectivity index (χ0n) is 12.9. The highest BCUT2D eigenvalue weighted by molar-refractivity contribution is 7.86. The summed E-state index contributed by atoms with van der Waals surface area (Å²) in [6.07, 6.45) is 2.95. The summed E-state index contributed by atoms with van der Waals surface area (Å²) in [5.74, 6) is 1.30. The molecule has 0 heterocycles. The van der Waals surface area contributed by atoms with Crippen molar-refractivity contribution < 1.29 is 13.0 Å². The Balaban J connectivity index is 3.32. The average molecular weight is 288 g/mol. The van der Waals surface area contributed by atoms with Crippen molar-refractivity contribution in [3.05, 3.63) is 11.6 Å². The maximum Gasteiger partial charge on any atom is 0.271 e. The van der Waals surface area contributed by atoms with Crippen molar-refractivity contribution in [2.75, 3.05) is 0 Å². The third-order valence-electron chi connectivity index (χ3n) is 4.37. The number of rotatable bonds is 4. The molecular formula is C15H28O3S. The molecule has 1 aliphatic carbocycles. The molecule has 0 saturated carbocycles. The third kappa shape index (κ3) is 3.82. The van der Waals surface area contributed by atoms with Crippen LogP contribution < -0.4 is 0 Å². The van der Waals surface area contributed by atoms with Crippen LogP contribution in [-0.4, -0.2) is 18.2 Å². The van der Waals surface area contributed by atoms with E-state index in [4.69, 9.17) is 0 Å². The molecule has 0 radical (unpaired) electrons. The van der Waals surface area contributed by atoms with Crippen LogP contribution in [0.5, 0.6) is 0 Å². The Labute approximate surface area is 118 Å². The first-order valence-corrected chi connectivity index (χ1v) is 8.73. The highest BCUT2D eigenvalue weighted by Crippen LogP contribution is 2.41. The summed E-state index contributed by atoms with van der Waals surface area (Å²) < 4.78 is 33.3. The fourth-order valence-corrected chi connectivity index (χ4v) is 4.66. The van der Waals surface area contributed by atoms with Gasteiger partial charge in [-0.3, -0.25) is 4.55 Å². The number of allylic oxidation sites excluding steroid dienone is 1. The monoisotopic (exact) mass is 288 g/mol. The van der Waals surface area contributed by atoms with E-state index in [1.165, 1.54) is 0 Å². The van der Waals surface area contributed by atoms with Crippen LogP contribution in [0.4, 0.5) is 0 Å². The zero-order valence-corrected chi connectivity index (χ0v) is 13.7. The molecule has 0 aromatic carbocycles. The Bertz CT molecular complexity index is 432. The normalized spacial score (nSPS) is 29.2. The van der Waals surface area contributed by atoms with Gasteiger partial charge in [-0.05, 0) is 36.0 Å². The van der Waals surface area contributed by atoms with E-state index in [0.717, 1.165) is 12.0 Å². The molecule has 3 nitrogen and oxygen atoms in total. The van der Waals surface area contributed by atoms with Crippen molar-refractivity contribution >= 4 is 10.1 Å². The second-order valence-corrected chi connectivity index (χ2v) is 8.35. The molecule has 0 aromatic heterocycles. The molecule has 1 aliphatic rings. The van der Waals surface area contributed by atoms with Crippen LogP contribution in [0.15, 0.2) is 11.6 Å². The summed E-state index contributed by atoms with van der Waals surface area (Å²) >= 11 is 0. The van der Waals surface area contributed by atoms with E-state index in [0.29, 0.717) is 11.8 Å². The molecule has 0 spiro atoms. The van der Waals surface area contributed by atoms with E-state index in [1.807, 2.05) is 27.7 Å². The van der Waals surface area contributed by atoms with E-state index >= 15 is 0 Å². The van der Waals surface area contributed by atoms with Crippen molar-refractivity contribution in [1.82, 2.24) is 0 Å². The molecule has 0 saturated heterocycles. The Morgan fingerprint density at radius 2 is 1.63 bits per heavy atom. The van der Waals surface area contributed by atoms with Gasteiger partial charge in [0.25, 0.3) is 10.1 Å². The van der Waals surface area contributed by atoms with Crippen molar-refractivity contribution in [2.24, 2.45) is 29.6 Å². The van der Waals surface area contributed by atoms with Gasteiger partial charge in [0.05, 0.1) is 0 Å². The van der Waals surface area contributed by atoms with Crippen LogP contribution in [-0.2, 0) is 10.1 Å². The van der Waals surface area contributed by atoms with Crippen LogP contribution in [0, 0.1) is 29.6 Å². The maximum atomic E-state index is 11.8. The minimum atomic E-state index is -4.03. The van der Waals surface area contributed by atoms with E-state index in [9.17, 15) is 13.0 Å². The van der Waals surface area contributed by atoms with Gasteiger partial charge in [0.1, 0.15) is 5.25 Å². The largest absolute Gasteiger partial charge is 0.285 e. The number of hydrogen-bond acceptors (Lipinski definition) is 2. The van der Waals surface area contributed by atoms with Crippen LogP contribution in [0.1, 0.15) is 48.0 Å². The lowest BCUT2D eigenvalue weighted by Crippen LogP contribution is -2.41. The summed E-state index contributed by atoms with van der Waals surface area (Å²) in [5, 5.41) is -0.720. The molecule has 3 atom stereocenters. The first-order valence-electron chi connectivity index (χ1n) is 7.23. The van der Waals surface area contributed by atoms with Gasteiger partial charge < -0.3 is 0 Å². The van der Waals surface area contributed by atoms with Gasteiger partial charge in [0.2, 0.25) is 0 Å². The van der Waals surface area contributed by atoms with Crippen LogP contribution in [0.25, 0.3) is 0 Å². The lowest BCUT2D eigenvalue weighted by molar-refractivity contribution is 0.254. The van der Waals surface area contributed by atoms with E-state index < -0.39 is 15.4 Å².